The smallest absolute Gasteiger partial charge is 0.281 e. The second-order valence-electron chi connectivity index (χ2n) is 6.23. The van der Waals surface area contributed by atoms with Gasteiger partial charge in [0, 0.05) is 29.2 Å². The molecule has 4 rings (SSSR count). The van der Waals surface area contributed by atoms with E-state index in [2.05, 4.69) is 0 Å². The quantitative estimate of drug-likeness (QED) is 0.912. The van der Waals surface area contributed by atoms with Crippen molar-refractivity contribution in [2.75, 3.05) is 6.61 Å². The van der Waals surface area contributed by atoms with Gasteiger partial charge in [-0.25, -0.2) is 4.84 Å². The van der Waals surface area contributed by atoms with Crippen LogP contribution in [-0.4, -0.2) is 29.0 Å². The summed E-state index contributed by atoms with van der Waals surface area (Å²) < 4.78 is 5.59. The highest BCUT2D eigenvalue weighted by molar-refractivity contribution is 6.30. The summed E-state index contributed by atoms with van der Waals surface area (Å²) in [5, 5.41) is 13.1. The van der Waals surface area contributed by atoms with E-state index in [4.69, 9.17) is 21.2 Å². The van der Waals surface area contributed by atoms with Gasteiger partial charge >= 0.3 is 0 Å². The van der Waals surface area contributed by atoms with Crippen LogP contribution in [0, 0.1) is 0 Å². The van der Waals surface area contributed by atoms with Crippen molar-refractivity contribution in [1.29, 1.82) is 0 Å². The number of aliphatic hydroxyl groups is 1. The third-order valence-corrected chi connectivity index (χ3v) is 4.87. The van der Waals surface area contributed by atoms with Gasteiger partial charge in [0.05, 0.1) is 5.56 Å². The van der Waals surface area contributed by atoms with Crippen molar-refractivity contribution >= 4 is 17.5 Å². The summed E-state index contributed by atoms with van der Waals surface area (Å²) in [6.07, 6.45) is 2.05. The van der Waals surface area contributed by atoms with Gasteiger partial charge in [-0.2, -0.15) is 5.06 Å². The molecule has 2 aromatic rings. The highest BCUT2D eigenvalue weighted by Gasteiger charge is 2.52. The first kappa shape index (κ1) is 16.5. The van der Waals surface area contributed by atoms with Crippen molar-refractivity contribution in [2.24, 2.45) is 0 Å². The van der Waals surface area contributed by atoms with Gasteiger partial charge in [0.2, 0.25) is 5.72 Å². The Labute approximate surface area is 150 Å². The molecule has 0 aromatic heterocycles. The molecule has 5 nitrogen and oxygen atoms in total. The molecule has 6 heteroatoms. The van der Waals surface area contributed by atoms with Gasteiger partial charge in [-0.05, 0) is 31.0 Å². The minimum absolute atomic E-state index is 0.387. The van der Waals surface area contributed by atoms with E-state index in [0.717, 1.165) is 17.9 Å². The molecule has 1 N–H and O–H groups in total. The van der Waals surface area contributed by atoms with Crippen molar-refractivity contribution in [1.82, 2.24) is 5.06 Å². The molecule has 25 heavy (non-hydrogen) atoms. The fourth-order valence-electron chi connectivity index (χ4n) is 3.33. The van der Waals surface area contributed by atoms with E-state index in [1.165, 1.54) is 0 Å². The molecular weight excluding hydrogens is 342 g/mol. The topological polar surface area (TPSA) is 59.0 Å². The molecule has 1 amide bonds. The average molecular weight is 360 g/mol. The lowest BCUT2D eigenvalue weighted by Gasteiger charge is -2.36. The maximum Gasteiger partial charge on any atom is 0.281 e. The van der Waals surface area contributed by atoms with Gasteiger partial charge in [0.15, 0.2) is 6.29 Å². The summed E-state index contributed by atoms with van der Waals surface area (Å²) in [5.41, 5.74) is -0.320. The summed E-state index contributed by atoms with van der Waals surface area (Å²) in [5.74, 6) is -0.387. The maximum atomic E-state index is 12.9. The molecule has 2 aliphatic rings. The van der Waals surface area contributed by atoms with E-state index in [0.29, 0.717) is 34.7 Å². The molecule has 1 saturated heterocycles. The van der Waals surface area contributed by atoms with Crippen LogP contribution in [0.1, 0.15) is 40.7 Å². The SMILES string of the molecule is O=C1c2ccccc2[C@@](O)(c2ccc(Cl)cc2)N1O[C@H]1CCCCO1. The Morgan fingerprint density at radius 2 is 1.92 bits per heavy atom. The van der Waals surface area contributed by atoms with Crippen LogP contribution >= 0.6 is 11.6 Å². The largest absolute Gasteiger partial charge is 0.361 e. The minimum atomic E-state index is -1.72. The molecule has 2 heterocycles. The number of benzene rings is 2. The van der Waals surface area contributed by atoms with Crippen molar-refractivity contribution in [3.8, 4) is 0 Å². The van der Waals surface area contributed by atoms with Crippen LogP contribution in [0.15, 0.2) is 48.5 Å². The van der Waals surface area contributed by atoms with E-state index in [9.17, 15) is 9.90 Å². The lowest BCUT2D eigenvalue weighted by Crippen LogP contribution is -2.47. The van der Waals surface area contributed by atoms with E-state index >= 15 is 0 Å². The Morgan fingerprint density at radius 1 is 1.16 bits per heavy atom. The van der Waals surface area contributed by atoms with E-state index in [1.54, 1.807) is 48.5 Å². The van der Waals surface area contributed by atoms with Crippen LogP contribution in [0.2, 0.25) is 5.02 Å². The first-order chi connectivity index (χ1) is 12.1. The number of halogens is 1. The van der Waals surface area contributed by atoms with Gasteiger partial charge < -0.3 is 9.84 Å². The number of fused-ring (bicyclic) bond motifs is 1. The highest BCUT2D eigenvalue weighted by Crippen LogP contribution is 2.43. The zero-order valence-corrected chi connectivity index (χ0v) is 14.3. The lowest BCUT2D eigenvalue weighted by molar-refractivity contribution is -0.324. The van der Waals surface area contributed by atoms with E-state index in [1.807, 2.05) is 0 Å². The van der Waals surface area contributed by atoms with Crippen LogP contribution in [0.3, 0.4) is 0 Å². The molecular formula is C19H18ClNO4. The Balaban J connectivity index is 1.78. The monoisotopic (exact) mass is 359 g/mol. The number of hydrogen-bond acceptors (Lipinski definition) is 4. The third-order valence-electron chi connectivity index (χ3n) is 4.62. The number of amides is 1. The second-order valence-corrected chi connectivity index (χ2v) is 6.66. The standard InChI is InChI=1S/C19H18ClNO4/c20-14-10-8-13(9-11-14)19(23)16-6-2-1-5-15(16)18(22)21(19)25-17-7-3-4-12-24-17/h1-2,5-6,8-11,17,23H,3-4,7,12H2/t17-,19-/m0/s1. The third kappa shape index (κ3) is 2.73. The second kappa shape index (κ2) is 6.42. The number of nitrogens with zero attached hydrogens (tertiary/aromatic N) is 1. The molecule has 2 aromatic carbocycles. The zero-order chi connectivity index (χ0) is 17.4. The van der Waals surface area contributed by atoms with Gasteiger partial charge in [0.1, 0.15) is 0 Å². The van der Waals surface area contributed by atoms with Crippen molar-refractivity contribution in [3.05, 3.63) is 70.2 Å². The van der Waals surface area contributed by atoms with Crippen LogP contribution < -0.4 is 0 Å². The maximum absolute atomic E-state index is 12.9. The van der Waals surface area contributed by atoms with Crippen molar-refractivity contribution < 1.29 is 19.5 Å². The first-order valence-electron chi connectivity index (χ1n) is 8.31. The molecule has 0 bridgehead atoms. The van der Waals surface area contributed by atoms with E-state index < -0.39 is 12.0 Å². The Morgan fingerprint density at radius 3 is 2.64 bits per heavy atom. The molecule has 0 spiro atoms. The van der Waals surface area contributed by atoms with E-state index in [-0.39, 0.29) is 5.91 Å². The number of rotatable bonds is 3. The number of carbonyl (C=O) groups excluding carboxylic acids is 1. The summed E-state index contributed by atoms with van der Waals surface area (Å²) in [4.78, 5) is 18.7. The lowest BCUT2D eigenvalue weighted by atomic mass is 9.94. The minimum Gasteiger partial charge on any atom is -0.361 e. The molecule has 1 fully saturated rings. The van der Waals surface area contributed by atoms with Crippen molar-refractivity contribution in [2.45, 2.75) is 31.3 Å². The number of ether oxygens (including phenoxy) is 1. The number of hydrogen-bond donors (Lipinski definition) is 1. The van der Waals surface area contributed by atoms with Gasteiger partial charge in [-0.15, -0.1) is 0 Å². The summed E-state index contributed by atoms with van der Waals surface area (Å²) in [7, 11) is 0. The van der Waals surface area contributed by atoms with Gasteiger partial charge in [-0.1, -0.05) is 41.9 Å². The molecule has 0 aliphatic carbocycles. The predicted molar refractivity (Wildman–Crippen MR) is 91.7 cm³/mol. The molecule has 0 radical (unpaired) electrons. The molecule has 130 valence electrons. The molecule has 0 saturated carbocycles. The zero-order valence-electron chi connectivity index (χ0n) is 13.5. The van der Waals surface area contributed by atoms with Gasteiger partial charge in [-0.3, -0.25) is 4.79 Å². The van der Waals surface area contributed by atoms with Crippen LogP contribution in [0.4, 0.5) is 0 Å². The highest BCUT2D eigenvalue weighted by atomic mass is 35.5. The average Bonchev–Trinajstić information content (AvgIpc) is 2.86. The predicted octanol–water partition coefficient (Wildman–Crippen LogP) is 3.45. The Kier molecular flexibility index (Phi) is 4.25. The fraction of sp³-hybridized carbons (Fsp3) is 0.316. The summed E-state index contributed by atoms with van der Waals surface area (Å²) in [6.45, 7) is 0.582. The molecule has 2 aliphatic heterocycles. The van der Waals surface area contributed by atoms with Crippen LogP contribution in [-0.2, 0) is 15.3 Å². The van der Waals surface area contributed by atoms with Crippen molar-refractivity contribution in [3.63, 3.8) is 0 Å². The Hall–Kier alpha value is -1.92. The van der Waals surface area contributed by atoms with Crippen LogP contribution in [0.25, 0.3) is 0 Å². The summed E-state index contributed by atoms with van der Waals surface area (Å²) in [6, 6.07) is 13.7. The number of carbonyl (C=O) groups is 1. The normalized spacial score (nSPS) is 25.9. The van der Waals surface area contributed by atoms with Gasteiger partial charge in [0.25, 0.3) is 5.91 Å². The number of hydroxylamine groups is 2. The molecule has 0 unspecified atom stereocenters. The Bertz CT molecular complexity index is 788. The first-order valence-corrected chi connectivity index (χ1v) is 8.69. The fourth-order valence-corrected chi connectivity index (χ4v) is 3.46. The molecule has 2 atom stereocenters. The van der Waals surface area contributed by atoms with Crippen LogP contribution in [0.5, 0.6) is 0 Å². The summed E-state index contributed by atoms with van der Waals surface area (Å²) >= 11 is 5.97.